The molecule has 0 aliphatic rings. The van der Waals surface area contributed by atoms with E-state index in [1.54, 1.807) is 43.7 Å². The number of hydrogen-bond acceptors (Lipinski definition) is 4. The molecule has 1 amide bonds. The van der Waals surface area contributed by atoms with Gasteiger partial charge in [-0.05, 0) is 48.9 Å². The summed E-state index contributed by atoms with van der Waals surface area (Å²) in [5.41, 5.74) is 2.23. The smallest absolute Gasteiger partial charge is 0.243 e. The zero-order chi connectivity index (χ0) is 21.0. The molecule has 0 spiro atoms. The molecule has 152 valence electrons. The molecule has 1 heterocycles. The Hall–Kier alpha value is -2.84. The fraction of sp³-hybridized carbons (Fsp3) is 0.200. The van der Waals surface area contributed by atoms with Gasteiger partial charge in [-0.1, -0.05) is 23.7 Å². The second-order valence-electron chi connectivity index (χ2n) is 6.57. The monoisotopic (exact) mass is 432 g/mol. The Morgan fingerprint density at radius 1 is 1.17 bits per heavy atom. The number of sulfonamides is 1. The predicted octanol–water partition coefficient (Wildman–Crippen LogP) is 3.00. The number of hydrogen-bond donors (Lipinski definition) is 1. The van der Waals surface area contributed by atoms with Gasteiger partial charge in [0, 0.05) is 29.6 Å². The van der Waals surface area contributed by atoms with Crippen molar-refractivity contribution in [3.8, 4) is 5.69 Å². The Morgan fingerprint density at radius 2 is 1.83 bits per heavy atom. The second kappa shape index (κ2) is 8.67. The maximum Gasteiger partial charge on any atom is 0.243 e. The molecule has 1 N–H and O–H groups in total. The molecule has 3 aromatic rings. The molecule has 0 bridgehead atoms. The lowest BCUT2D eigenvalue weighted by Crippen LogP contribution is -2.47. The number of rotatable bonds is 7. The van der Waals surface area contributed by atoms with E-state index in [0.717, 1.165) is 21.8 Å². The van der Waals surface area contributed by atoms with Gasteiger partial charge in [-0.25, -0.2) is 13.4 Å². The molecule has 0 unspecified atom stereocenters. The van der Waals surface area contributed by atoms with Gasteiger partial charge in [0.15, 0.2) is 0 Å². The van der Waals surface area contributed by atoms with Crippen LogP contribution in [0.1, 0.15) is 12.5 Å². The highest BCUT2D eigenvalue weighted by molar-refractivity contribution is 7.92. The van der Waals surface area contributed by atoms with Gasteiger partial charge in [-0.3, -0.25) is 9.10 Å². The average molecular weight is 433 g/mol. The Kier molecular flexibility index (Phi) is 6.24. The number of anilines is 1. The topological polar surface area (TPSA) is 84.3 Å². The Balaban J connectivity index is 1.69. The van der Waals surface area contributed by atoms with E-state index in [0.29, 0.717) is 10.7 Å². The summed E-state index contributed by atoms with van der Waals surface area (Å²) >= 11 is 5.88. The largest absolute Gasteiger partial charge is 0.350 e. The third-order valence-corrected chi connectivity index (χ3v) is 5.87. The molecule has 2 aromatic carbocycles. The van der Waals surface area contributed by atoms with E-state index >= 15 is 0 Å². The van der Waals surface area contributed by atoms with Gasteiger partial charge in [0.2, 0.25) is 15.9 Å². The summed E-state index contributed by atoms with van der Waals surface area (Å²) in [5, 5.41) is 3.28. The molecule has 0 fully saturated rings. The average Bonchev–Trinajstić information content (AvgIpc) is 3.22. The van der Waals surface area contributed by atoms with E-state index in [1.165, 1.54) is 0 Å². The van der Waals surface area contributed by atoms with Crippen molar-refractivity contribution < 1.29 is 13.2 Å². The van der Waals surface area contributed by atoms with Gasteiger partial charge in [-0.2, -0.15) is 0 Å². The molecule has 1 atom stereocenters. The van der Waals surface area contributed by atoms with E-state index in [2.05, 4.69) is 10.3 Å². The maximum absolute atomic E-state index is 12.6. The Bertz CT molecular complexity index is 1070. The summed E-state index contributed by atoms with van der Waals surface area (Å²) in [4.78, 5) is 16.7. The van der Waals surface area contributed by atoms with Crippen molar-refractivity contribution in [2.75, 3.05) is 10.6 Å². The third-order valence-electron chi connectivity index (χ3n) is 4.38. The summed E-state index contributed by atoms with van der Waals surface area (Å²) < 4.78 is 27.5. The van der Waals surface area contributed by atoms with Crippen LogP contribution in [0.3, 0.4) is 0 Å². The molecule has 0 radical (unpaired) electrons. The van der Waals surface area contributed by atoms with Crippen molar-refractivity contribution in [2.24, 2.45) is 0 Å². The Labute approximate surface area is 175 Å². The molecule has 9 heteroatoms. The highest BCUT2D eigenvalue weighted by atomic mass is 35.5. The highest BCUT2D eigenvalue weighted by Crippen LogP contribution is 2.23. The van der Waals surface area contributed by atoms with Gasteiger partial charge in [0.05, 0.1) is 18.3 Å². The standard InChI is InChI=1S/C20H21ClN4O3S/c1-15(25(29(2,27)28)19-9-5-17(21)6-10-19)20(26)23-13-16-3-7-18(8-4-16)24-12-11-22-14-24/h3-12,14-15H,13H2,1-2H3,(H,23,26)/t15-/m1/s1. The lowest BCUT2D eigenvalue weighted by atomic mass is 10.2. The van der Waals surface area contributed by atoms with E-state index in [1.807, 2.05) is 35.0 Å². The van der Waals surface area contributed by atoms with Crippen LogP contribution in [0.25, 0.3) is 5.69 Å². The number of carbonyl (C=O) groups is 1. The van der Waals surface area contributed by atoms with E-state index in [-0.39, 0.29) is 6.54 Å². The SMILES string of the molecule is C[C@H](C(=O)NCc1ccc(-n2ccnc2)cc1)N(c1ccc(Cl)cc1)S(C)(=O)=O. The van der Waals surface area contributed by atoms with E-state index < -0.39 is 22.0 Å². The minimum Gasteiger partial charge on any atom is -0.350 e. The molecule has 0 saturated carbocycles. The van der Waals surface area contributed by atoms with Crippen LogP contribution in [0.4, 0.5) is 5.69 Å². The molecule has 7 nitrogen and oxygen atoms in total. The molecule has 3 rings (SSSR count). The van der Waals surface area contributed by atoms with Crippen molar-refractivity contribution in [3.63, 3.8) is 0 Å². The first-order chi connectivity index (χ1) is 13.8. The van der Waals surface area contributed by atoms with Gasteiger partial charge in [-0.15, -0.1) is 0 Å². The number of nitrogens with zero attached hydrogens (tertiary/aromatic N) is 3. The number of aromatic nitrogens is 2. The summed E-state index contributed by atoms with van der Waals surface area (Å²) in [5.74, 6) is -0.399. The first kappa shape index (κ1) is 20.9. The van der Waals surface area contributed by atoms with Gasteiger partial charge in [0.1, 0.15) is 6.04 Å². The van der Waals surface area contributed by atoms with Gasteiger partial charge < -0.3 is 9.88 Å². The molecule has 0 aliphatic heterocycles. The van der Waals surface area contributed by atoms with Crippen LogP contribution in [0, 0.1) is 0 Å². The fourth-order valence-corrected chi connectivity index (χ4v) is 4.23. The van der Waals surface area contributed by atoms with Crippen molar-refractivity contribution in [1.29, 1.82) is 0 Å². The third kappa shape index (κ3) is 5.16. The fourth-order valence-electron chi connectivity index (χ4n) is 2.93. The van der Waals surface area contributed by atoms with Crippen molar-refractivity contribution in [1.82, 2.24) is 14.9 Å². The molecule has 0 aliphatic carbocycles. The van der Waals surface area contributed by atoms with Crippen molar-refractivity contribution in [3.05, 3.63) is 77.8 Å². The van der Waals surface area contributed by atoms with Crippen LogP contribution in [0.5, 0.6) is 0 Å². The maximum atomic E-state index is 12.6. The summed E-state index contributed by atoms with van der Waals surface area (Å²) in [6, 6.07) is 13.0. The number of imidazole rings is 1. The zero-order valence-electron chi connectivity index (χ0n) is 16.0. The molecular weight excluding hydrogens is 412 g/mol. The highest BCUT2D eigenvalue weighted by Gasteiger charge is 2.28. The minimum absolute atomic E-state index is 0.283. The van der Waals surface area contributed by atoms with Crippen molar-refractivity contribution in [2.45, 2.75) is 19.5 Å². The van der Waals surface area contributed by atoms with Crippen LogP contribution in [-0.4, -0.2) is 36.2 Å². The number of benzene rings is 2. The number of nitrogens with one attached hydrogen (secondary N) is 1. The molecule has 1 aromatic heterocycles. The Morgan fingerprint density at radius 3 is 2.38 bits per heavy atom. The summed E-state index contributed by atoms with van der Waals surface area (Å²) in [6.07, 6.45) is 6.31. The molecular formula is C20H21ClN4O3S. The zero-order valence-corrected chi connectivity index (χ0v) is 17.6. The quantitative estimate of drug-likeness (QED) is 0.622. The van der Waals surface area contributed by atoms with E-state index in [4.69, 9.17) is 11.6 Å². The first-order valence-electron chi connectivity index (χ1n) is 8.85. The molecule has 0 saturated heterocycles. The minimum atomic E-state index is -3.67. The van der Waals surface area contributed by atoms with Crippen molar-refractivity contribution >= 4 is 33.2 Å². The first-order valence-corrected chi connectivity index (χ1v) is 11.1. The second-order valence-corrected chi connectivity index (χ2v) is 8.86. The number of amides is 1. The lowest BCUT2D eigenvalue weighted by molar-refractivity contribution is -0.122. The van der Waals surface area contributed by atoms with Crippen LogP contribution < -0.4 is 9.62 Å². The number of carbonyl (C=O) groups excluding carboxylic acids is 1. The van der Waals surface area contributed by atoms with Gasteiger partial charge in [0.25, 0.3) is 0 Å². The normalized spacial score (nSPS) is 12.4. The summed E-state index contributed by atoms with van der Waals surface area (Å²) in [6.45, 7) is 1.83. The van der Waals surface area contributed by atoms with Crippen LogP contribution >= 0.6 is 11.6 Å². The van der Waals surface area contributed by atoms with E-state index in [9.17, 15) is 13.2 Å². The lowest BCUT2D eigenvalue weighted by Gasteiger charge is -2.28. The predicted molar refractivity (Wildman–Crippen MR) is 114 cm³/mol. The number of halogens is 1. The summed E-state index contributed by atoms with van der Waals surface area (Å²) in [7, 11) is -3.67. The van der Waals surface area contributed by atoms with Crippen LogP contribution in [-0.2, 0) is 21.4 Å². The van der Waals surface area contributed by atoms with Gasteiger partial charge >= 0.3 is 0 Å². The van der Waals surface area contributed by atoms with Crippen LogP contribution in [0.15, 0.2) is 67.3 Å². The van der Waals surface area contributed by atoms with Crippen LogP contribution in [0.2, 0.25) is 5.02 Å². The molecule has 29 heavy (non-hydrogen) atoms.